The fourth-order valence-electron chi connectivity index (χ4n) is 5.53. The van der Waals surface area contributed by atoms with Crippen LogP contribution in [0, 0.1) is 0 Å². The number of pyridine rings is 2. The van der Waals surface area contributed by atoms with E-state index in [0.29, 0.717) is 24.4 Å². The lowest BCUT2D eigenvalue weighted by Crippen LogP contribution is -2.53. The van der Waals surface area contributed by atoms with Crippen LogP contribution in [0.5, 0.6) is 0 Å². The van der Waals surface area contributed by atoms with E-state index in [1.807, 2.05) is 12.1 Å². The van der Waals surface area contributed by atoms with Gasteiger partial charge in [-0.1, -0.05) is 31.4 Å². The van der Waals surface area contributed by atoms with Crippen molar-refractivity contribution in [3.8, 4) is 0 Å². The number of halogens is 3. The molecule has 0 bridgehead atoms. The van der Waals surface area contributed by atoms with Crippen LogP contribution < -0.4 is 5.32 Å². The topological polar surface area (TPSA) is 67.3 Å². The van der Waals surface area contributed by atoms with Gasteiger partial charge in [-0.05, 0) is 61.4 Å². The molecule has 9 heteroatoms. The second kappa shape index (κ2) is 9.93. The number of methoxy groups -OCH3 is 1. The molecule has 196 valence electrons. The summed E-state index contributed by atoms with van der Waals surface area (Å²) in [6.07, 6.45) is 4.31. The molecular weight excluding hydrogens is 481 g/mol. The maximum atomic E-state index is 14.3. The second-order valence-corrected chi connectivity index (χ2v) is 10.1. The summed E-state index contributed by atoms with van der Waals surface area (Å²) in [4.78, 5) is 23.1. The predicted octanol–water partition coefficient (Wildman–Crippen LogP) is 6.66. The number of hydrogen-bond donors (Lipinski definition) is 1. The standard InChI is InChI=1S/C28H31F3N4O2/c1-35(26(36)27(37-2)14-4-3-5-15-27)25(28(29,30)31)19-10-12-20(13-11-19)34-22-17-33-21-7-6-16-32-24(21)23(22)18-8-9-18/h6-7,10-13,16-18,25,34H,3-5,8-9,14-15H2,1-2H3/t25-/m0/s1. The zero-order valence-electron chi connectivity index (χ0n) is 21.0. The van der Waals surface area contributed by atoms with Crippen molar-refractivity contribution in [3.63, 3.8) is 0 Å². The fraction of sp³-hybridized carbons (Fsp3) is 0.464. The summed E-state index contributed by atoms with van der Waals surface area (Å²) >= 11 is 0. The van der Waals surface area contributed by atoms with Gasteiger partial charge >= 0.3 is 6.18 Å². The Labute approximate surface area is 214 Å². The molecule has 0 aliphatic heterocycles. The number of fused-ring (bicyclic) bond motifs is 1. The van der Waals surface area contributed by atoms with Gasteiger partial charge in [-0.3, -0.25) is 14.8 Å². The Kier molecular flexibility index (Phi) is 6.83. The molecule has 2 heterocycles. The zero-order valence-corrected chi connectivity index (χ0v) is 21.0. The molecule has 6 nitrogen and oxygen atoms in total. The maximum Gasteiger partial charge on any atom is 0.413 e. The molecule has 1 atom stereocenters. The van der Waals surface area contributed by atoms with Crippen LogP contribution in [0.4, 0.5) is 24.5 Å². The Morgan fingerprint density at radius 1 is 1.11 bits per heavy atom. The van der Waals surface area contributed by atoms with Gasteiger partial charge in [0.25, 0.3) is 5.91 Å². The van der Waals surface area contributed by atoms with E-state index < -0.39 is 23.7 Å². The fourth-order valence-corrected chi connectivity index (χ4v) is 5.53. The first-order valence-electron chi connectivity index (χ1n) is 12.7. The van der Waals surface area contributed by atoms with Crippen LogP contribution in [0.3, 0.4) is 0 Å². The predicted molar refractivity (Wildman–Crippen MR) is 136 cm³/mol. The van der Waals surface area contributed by atoms with Crippen LogP contribution in [-0.2, 0) is 9.53 Å². The molecule has 0 unspecified atom stereocenters. The van der Waals surface area contributed by atoms with Crippen molar-refractivity contribution >= 4 is 28.3 Å². The summed E-state index contributed by atoms with van der Waals surface area (Å²) < 4.78 is 48.4. The first kappa shape index (κ1) is 25.4. The van der Waals surface area contributed by atoms with Crippen molar-refractivity contribution in [2.45, 2.75) is 68.7 Å². The third-order valence-corrected chi connectivity index (χ3v) is 7.61. The van der Waals surface area contributed by atoms with Crippen LogP contribution >= 0.6 is 0 Å². The Bertz CT molecular complexity index is 1270. The molecule has 0 saturated heterocycles. The number of carbonyl (C=O) groups is 1. The highest BCUT2D eigenvalue weighted by molar-refractivity contribution is 5.86. The van der Waals surface area contributed by atoms with Gasteiger partial charge in [-0.25, -0.2) is 0 Å². The third kappa shape index (κ3) is 5.01. The molecule has 37 heavy (non-hydrogen) atoms. The summed E-state index contributed by atoms with van der Waals surface area (Å²) in [5, 5.41) is 3.33. The molecule has 5 rings (SSSR count). The highest BCUT2D eigenvalue weighted by atomic mass is 19.4. The number of alkyl halides is 3. The molecular formula is C28H31F3N4O2. The third-order valence-electron chi connectivity index (χ3n) is 7.61. The summed E-state index contributed by atoms with van der Waals surface area (Å²) in [6, 6.07) is 7.76. The van der Waals surface area contributed by atoms with Crippen LogP contribution in [0.1, 0.15) is 68.0 Å². The molecule has 2 aliphatic carbocycles. The van der Waals surface area contributed by atoms with Crippen LogP contribution in [0.2, 0.25) is 0 Å². The van der Waals surface area contributed by atoms with Gasteiger partial charge in [0.2, 0.25) is 0 Å². The van der Waals surface area contributed by atoms with Crippen molar-refractivity contribution in [2.24, 2.45) is 0 Å². The molecule has 3 aromatic rings. The molecule has 2 aromatic heterocycles. The number of amides is 1. The number of nitrogens with one attached hydrogen (secondary N) is 1. The van der Waals surface area contributed by atoms with E-state index in [2.05, 4.69) is 15.3 Å². The number of anilines is 2. The highest BCUT2D eigenvalue weighted by Crippen LogP contribution is 2.46. The normalized spacial score (nSPS) is 18.4. The molecule has 2 aliphatic rings. The molecule has 2 fully saturated rings. The summed E-state index contributed by atoms with van der Waals surface area (Å²) in [6.45, 7) is 0. The minimum Gasteiger partial charge on any atom is -0.368 e. The van der Waals surface area contributed by atoms with Gasteiger partial charge in [0, 0.05) is 31.6 Å². The van der Waals surface area contributed by atoms with Gasteiger partial charge in [-0.15, -0.1) is 0 Å². The average molecular weight is 513 g/mol. The van der Waals surface area contributed by atoms with E-state index in [1.54, 1.807) is 24.5 Å². The second-order valence-electron chi connectivity index (χ2n) is 10.1. The average Bonchev–Trinajstić information content (AvgIpc) is 3.74. The van der Waals surface area contributed by atoms with E-state index in [0.717, 1.165) is 59.3 Å². The van der Waals surface area contributed by atoms with Crippen molar-refractivity contribution < 1.29 is 22.7 Å². The molecule has 1 aromatic carbocycles. The zero-order chi connectivity index (χ0) is 26.2. The smallest absolute Gasteiger partial charge is 0.368 e. The van der Waals surface area contributed by atoms with Gasteiger partial charge in [-0.2, -0.15) is 13.2 Å². The molecule has 2 saturated carbocycles. The Morgan fingerprint density at radius 2 is 1.81 bits per heavy atom. The Morgan fingerprint density at radius 3 is 2.43 bits per heavy atom. The molecule has 1 N–H and O–H groups in total. The number of benzene rings is 1. The van der Waals surface area contributed by atoms with Gasteiger partial charge < -0.3 is 15.0 Å². The van der Waals surface area contributed by atoms with E-state index in [-0.39, 0.29) is 5.56 Å². The number of aromatic nitrogens is 2. The quantitative estimate of drug-likeness (QED) is 0.383. The number of hydrogen-bond acceptors (Lipinski definition) is 5. The number of likely N-dealkylation sites (N-methyl/N-ethyl adjacent to an activating group) is 1. The van der Waals surface area contributed by atoms with E-state index >= 15 is 0 Å². The van der Waals surface area contributed by atoms with E-state index in [1.165, 1.54) is 26.3 Å². The monoisotopic (exact) mass is 512 g/mol. The highest BCUT2D eigenvalue weighted by Gasteiger charge is 2.50. The number of carbonyl (C=O) groups excluding carboxylic acids is 1. The maximum absolute atomic E-state index is 14.3. The minimum absolute atomic E-state index is 0.00307. The van der Waals surface area contributed by atoms with Crippen molar-refractivity contribution in [2.75, 3.05) is 19.5 Å². The van der Waals surface area contributed by atoms with Crippen LogP contribution in [-0.4, -0.2) is 46.7 Å². The SMILES string of the molecule is COC1(C(=O)N(C)[C@@H](c2ccc(Nc3cnc4cccnc4c3C3CC3)cc2)C(F)(F)F)CCCCC1. The first-order valence-corrected chi connectivity index (χ1v) is 12.7. The molecule has 0 spiro atoms. The summed E-state index contributed by atoms with van der Waals surface area (Å²) in [7, 11) is 2.63. The molecule has 0 radical (unpaired) electrons. The number of ether oxygens (including phenoxy) is 1. The number of rotatable bonds is 7. The summed E-state index contributed by atoms with van der Waals surface area (Å²) in [5.74, 6) is -0.229. The van der Waals surface area contributed by atoms with Crippen molar-refractivity contribution in [3.05, 3.63) is 59.9 Å². The van der Waals surface area contributed by atoms with Gasteiger partial charge in [0.15, 0.2) is 6.04 Å². The van der Waals surface area contributed by atoms with Gasteiger partial charge in [0.05, 0.1) is 22.9 Å². The van der Waals surface area contributed by atoms with Crippen molar-refractivity contribution in [1.82, 2.24) is 14.9 Å². The van der Waals surface area contributed by atoms with E-state index in [9.17, 15) is 18.0 Å². The summed E-state index contributed by atoms with van der Waals surface area (Å²) in [5.41, 5.74) is 2.99. The Hall–Kier alpha value is -3.20. The Balaban J connectivity index is 1.41. The lowest BCUT2D eigenvalue weighted by atomic mass is 9.83. The lowest BCUT2D eigenvalue weighted by molar-refractivity contribution is -0.199. The van der Waals surface area contributed by atoms with Crippen LogP contribution in [0.15, 0.2) is 48.8 Å². The first-order chi connectivity index (χ1) is 17.7. The lowest BCUT2D eigenvalue weighted by Gasteiger charge is -2.40. The largest absolute Gasteiger partial charge is 0.413 e. The number of nitrogens with zero attached hydrogens (tertiary/aromatic N) is 3. The minimum atomic E-state index is -4.64. The molecule has 1 amide bonds. The van der Waals surface area contributed by atoms with Gasteiger partial charge in [0.1, 0.15) is 5.60 Å². The van der Waals surface area contributed by atoms with E-state index in [4.69, 9.17) is 4.74 Å². The van der Waals surface area contributed by atoms with Crippen molar-refractivity contribution in [1.29, 1.82) is 0 Å². The van der Waals surface area contributed by atoms with Crippen LogP contribution in [0.25, 0.3) is 11.0 Å².